The van der Waals surface area contributed by atoms with E-state index in [1.807, 2.05) is 6.08 Å². The summed E-state index contributed by atoms with van der Waals surface area (Å²) in [6, 6.07) is 0. The van der Waals surface area contributed by atoms with Gasteiger partial charge in [0.2, 0.25) is 0 Å². The number of rotatable bonds is 5. The second-order valence-electron chi connectivity index (χ2n) is 4.46. The first-order valence-electron chi connectivity index (χ1n) is 5.07. The maximum absolute atomic E-state index is 4.58. The Hall–Kier alpha value is -0.590. The van der Waals surface area contributed by atoms with Crippen LogP contribution in [-0.4, -0.2) is 12.3 Å². The minimum absolute atomic E-state index is 0.134. The van der Waals surface area contributed by atoms with Gasteiger partial charge in [-0.05, 0) is 19.3 Å². The van der Waals surface area contributed by atoms with Gasteiger partial charge in [0.15, 0.2) is 0 Å². The fraction of sp³-hybridized carbons (Fsp3) is 0.750. The van der Waals surface area contributed by atoms with Crippen molar-refractivity contribution >= 4 is 5.71 Å². The number of hydrogen-bond donors (Lipinski definition) is 0. The van der Waals surface area contributed by atoms with Gasteiger partial charge in [-0.15, -0.1) is 6.58 Å². The van der Waals surface area contributed by atoms with Gasteiger partial charge in [0.1, 0.15) is 0 Å². The van der Waals surface area contributed by atoms with Crippen LogP contribution in [0.2, 0.25) is 0 Å². The van der Waals surface area contributed by atoms with E-state index in [-0.39, 0.29) is 5.41 Å². The lowest BCUT2D eigenvalue weighted by atomic mass is 9.94. The molecule has 1 unspecified atom stereocenters. The normalized spacial score (nSPS) is 15.6. The molecule has 0 amide bonds. The van der Waals surface area contributed by atoms with E-state index in [1.165, 1.54) is 12.1 Å². The predicted octanol–water partition coefficient (Wildman–Crippen LogP) is 3.71. The largest absolute Gasteiger partial charge is 0.293 e. The summed E-state index contributed by atoms with van der Waals surface area (Å²) in [5.41, 5.74) is 1.40. The van der Waals surface area contributed by atoms with Gasteiger partial charge in [0, 0.05) is 17.7 Å². The second kappa shape index (κ2) is 5.21. The summed E-state index contributed by atoms with van der Waals surface area (Å²) in [7, 11) is 0. The van der Waals surface area contributed by atoms with Crippen LogP contribution < -0.4 is 0 Å². The molecule has 0 saturated heterocycles. The van der Waals surface area contributed by atoms with Crippen molar-refractivity contribution in [2.75, 3.05) is 6.54 Å². The molecule has 0 rings (SSSR count). The van der Waals surface area contributed by atoms with E-state index >= 15 is 0 Å². The van der Waals surface area contributed by atoms with Gasteiger partial charge in [-0.25, -0.2) is 0 Å². The smallest absolute Gasteiger partial charge is 0.0474 e. The van der Waals surface area contributed by atoms with Crippen molar-refractivity contribution < 1.29 is 0 Å². The van der Waals surface area contributed by atoms with E-state index in [1.54, 1.807) is 0 Å². The van der Waals surface area contributed by atoms with Gasteiger partial charge in [-0.1, -0.05) is 33.8 Å². The van der Waals surface area contributed by atoms with Gasteiger partial charge < -0.3 is 0 Å². The minimum Gasteiger partial charge on any atom is -0.293 e. The summed E-state index contributed by atoms with van der Waals surface area (Å²) in [5.74, 6) is 0.612. The molecule has 0 fully saturated rings. The molecule has 0 N–H and O–H groups in total. The molecule has 0 heterocycles. The number of aliphatic imine (C=N–C) groups is 1. The highest BCUT2D eigenvalue weighted by Crippen LogP contribution is 2.17. The van der Waals surface area contributed by atoms with Crippen LogP contribution in [0.3, 0.4) is 0 Å². The lowest BCUT2D eigenvalue weighted by molar-refractivity contribution is 0.496. The SMILES string of the molecule is C=CC(C)(C)C/N=C(/C)C(C)CC. The standard InChI is InChI=1S/C12H23N/c1-7-10(3)11(4)13-9-12(5,6)8-2/h8,10H,2,7,9H2,1,3-6H3/b13-11-. The Kier molecular flexibility index (Phi) is 4.97. The molecule has 76 valence electrons. The molecule has 0 bridgehead atoms. The zero-order chi connectivity index (χ0) is 10.5. The Morgan fingerprint density at radius 1 is 1.54 bits per heavy atom. The highest BCUT2D eigenvalue weighted by Gasteiger charge is 2.12. The average molecular weight is 181 g/mol. The molecule has 0 aromatic rings. The van der Waals surface area contributed by atoms with Crippen molar-refractivity contribution in [2.45, 2.75) is 41.0 Å². The lowest BCUT2D eigenvalue weighted by Gasteiger charge is -2.18. The summed E-state index contributed by atoms with van der Waals surface area (Å²) in [5, 5.41) is 0. The summed E-state index contributed by atoms with van der Waals surface area (Å²) in [4.78, 5) is 4.58. The van der Waals surface area contributed by atoms with Crippen molar-refractivity contribution in [3.63, 3.8) is 0 Å². The Bertz CT molecular complexity index is 189. The van der Waals surface area contributed by atoms with Gasteiger partial charge >= 0.3 is 0 Å². The third-order valence-electron chi connectivity index (χ3n) is 2.61. The molecular formula is C12H23N. The van der Waals surface area contributed by atoms with E-state index < -0.39 is 0 Å². The topological polar surface area (TPSA) is 12.4 Å². The summed E-state index contributed by atoms with van der Waals surface area (Å²) < 4.78 is 0. The molecule has 1 atom stereocenters. The third kappa shape index (κ3) is 4.87. The molecule has 0 aliphatic heterocycles. The van der Waals surface area contributed by atoms with Crippen molar-refractivity contribution in [2.24, 2.45) is 16.3 Å². The molecule has 0 aliphatic rings. The van der Waals surface area contributed by atoms with E-state index in [4.69, 9.17) is 0 Å². The zero-order valence-electron chi connectivity index (χ0n) is 9.72. The molecule has 0 aromatic carbocycles. The molecule has 0 aliphatic carbocycles. The first-order valence-corrected chi connectivity index (χ1v) is 5.07. The zero-order valence-corrected chi connectivity index (χ0v) is 9.72. The summed E-state index contributed by atoms with van der Waals surface area (Å²) in [6.07, 6.45) is 3.14. The fourth-order valence-electron chi connectivity index (χ4n) is 0.844. The quantitative estimate of drug-likeness (QED) is 0.453. The molecule has 0 saturated carbocycles. The Morgan fingerprint density at radius 3 is 2.46 bits per heavy atom. The van der Waals surface area contributed by atoms with Crippen LogP contribution in [0.1, 0.15) is 41.0 Å². The molecule has 0 radical (unpaired) electrons. The Balaban J connectivity index is 4.18. The minimum atomic E-state index is 0.134. The maximum Gasteiger partial charge on any atom is 0.0474 e. The molecule has 1 heteroatoms. The van der Waals surface area contributed by atoms with Gasteiger partial charge in [0.25, 0.3) is 0 Å². The van der Waals surface area contributed by atoms with Crippen LogP contribution in [0.25, 0.3) is 0 Å². The molecular weight excluding hydrogens is 158 g/mol. The monoisotopic (exact) mass is 181 g/mol. The van der Waals surface area contributed by atoms with E-state index in [0.717, 1.165) is 6.54 Å². The molecule has 0 aromatic heterocycles. The fourth-order valence-corrected chi connectivity index (χ4v) is 0.844. The lowest BCUT2D eigenvalue weighted by Crippen LogP contribution is -2.15. The van der Waals surface area contributed by atoms with E-state index in [2.05, 4.69) is 46.2 Å². The van der Waals surface area contributed by atoms with Gasteiger partial charge in [0.05, 0.1) is 0 Å². The highest BCUT2D eigenvalue weighted by molar-refractivity contribution is 5.84. The summed E-state index contributed by atoms with van der Waals surface area (Å²) >= 11 is 0. The van der Waals surface area contributed by atoms with E-state index in [0.29, 0.717) is 5.92 Å². The Labute approximate surface area is 83.0 Å². The van der Waals surface area contributed by atoms with Crippen LogP contribution in [0.5, 0.6) is 0 Å². The average Bonchev–Trinajstić information content (AvgIpc) is 2.13. The maximum atomic E-state index is 4.58. The van der Waals surface area contributed by atoms with Crippen LogP contribution in [0.15, 0.2) is 17.6 Å². The molecule has 1 nitrogen and oxygen atoms in total. The van der Waals surface area contributed by atoms with Gasteiger partial charge in [-0.2, -0.15) is 0 Å². The van der Waals surface area contributed by atoms with Crippen LogP contribution in [0.4, 0.5) is 0 Å². The first-order chi connectivity index (χ1) is 5.93. The van der Waals surface area contributed by atoms with E-state index in [9.17, 15) is 0 Å². The third-order valence-corrected chi connectivity index (χ3v) is 2.61. The van der Waals surface area contributed by atoms with Gasteiger partial charge in [-0.3, -0.25) is 4.99 Å². The second-order valence-corrected chi connectivity index (χ2v) is 4.46. The van der Waals surface area contributed by atoms with Crippen molar-refractivity contribution in [1.29, 1.82) is 0 Å². The van der Waals surface area contributed by atoms with Crippen molar-refractivity contribution in [3.8, 4) is 0 Å². The predicted molar refractivity (Wildman–Crippen MR) is 61.4 cm³/mol. The van der Waals surface area contributed by atoms with Crippen molar-refractivity contribution in [3.05, 3.63) is 12.7 Å². The van der Waals surface area contributed by atoms with Crippen molar-refractivity contribution in [1.82, 2.24) is 0 Å². The Morgan fingerprint density at radius 2 is 2.08 bits per heavy atom. The number of nitrogens with zero attached hydrogens (tertiary/aromatic N) is 1. The first kappa shape index (κ1) is 12.4. The molecule has 13 heavy (non-hydrogen) atoms. The molecule has 0 spiro atoms. The summed E-state index contributed by atoms with van der Waals surface area (Å²) in [6.45, 7) is 15.5. The van der Waals surface area contributed by atoms with Crippen LogP contribution in [-0.2, 0) is 0 Å². The van der Waals surface area contributed by atoms with Crippen LogP contribution >= 0.6 is 0 Å². The highest BCUT2D eigenvalue weighted by atomic mass is 14.8. The number of hydrogen-bond acceptors (Lipinski definition) is 1. The van der Waals surface area contributed by atoms with Crippen LogP contribution in [0, 0.1) is 11.3 Å².